The summed E-state index contributed by atoms with van der Waals surface area (Å²) in [6.07, 6.45) is 0. The van der Waals surface area contributed by atoms with Crippen molar-refractivity contribution < 1.29 is 9.53 Å². The number of carbonyl (C=O) groups excluding carboxylic acids is 1. The summed E-state index contributed by atoms with van der Waals surface area (Å²) in [5.41, 5.74) is 2.99. The van der Waals surface area contributed by atoms with E-state index in [1.807, 2.05) is 55.5 Å². The van der Waals surface area contributed by atoms with Crippen molar-refractivity contribution in [3.63, 3.8) is 0 Å². The molecule has 0 spiro atoms. The summed E-state index contributed by atoms with van der Waals surface area (Å²) in [5, 5.41) is 10.3. The SMILES string of the molecule is COc1ccc(-c2nc(S[C@H](C)C(=O)Nc3ccc(C(C)(C)C)cc3)n[nH]2)cc1. The van der Waals surface area contributed by atoms with Crippen molar-refractivity contribution in [2.24, 2.45) is 0 Å². The number of anilines is 1. The molecule has 3 aromatic rings. The number of benzene rings is 2. The van der Waals surface area contributed by atoms with E-state index in [1.165, 1.54) is 17.3 Å². The van der Waals surface area contributed by atoms with Crippen molar-refractivity contribution >= 4 is 23.4 Å². The maximum Gasteiger partial charge on any atom is 0.237 e. The van der Waals surface area contributed by atoms with Gasteiger partial charge in [-0.25, -0.2) is 4.98 Å². The van der Waals surface area contributed by atoms with Crippen molar-refractivity contribution in [3.8, 4) is 17.1 Å². The second kappa shape index (κ2) is 8.69. The zero-order valence-electron chi connectivity index (χ0n) is 17.3. The summed E-state index contributed by atoms with van der Waals surface area (Å²) in [7, 11) is 1.63. The van der Waals surface area contributed by atoms with E-state index in [2.05, 4.69) is 41.3 Å². The number of nitrogens with zero attached hydrogens (tertiary/aromatic N) is 2. The lowest BCUT2D eigenvalue weighted by molar-refractivity contribution is -0.115. The molecule has 0 aliphatic rings. The van der Waals surface area contributed by atoms with Gasteiger partial charge in [0.25, 0.3) is 0 Å². The van der Waals surface area contributed by atoms with Gasteiger partial charge >= 0.3 is 0 Å². The average molecular weight is 411 g/mol. The zero-order valence-corrected chi connectivity index (χ0v) is 18.1. The molecule has 29 heavy (non-hydrogen) atoms. The summed E-state index contributed by atoms with van der Waals surface area (Å²) < 4.78 is 5.17. The number of carbonyl (C=O) groups is 1. The van der Waals surface area contributed by atoms with Gasteiger partial charge in [0.15, 0.2) is 5.82 Å². The molecule has 0 saturated carbocycles. The van der Waals surface area contributed by atoms with Gasteiger partial charge in [-0.2, -0.15) is 0 Å². The summed E-state index contributed by atoms with van der Waals surface area (Å²) >= 11 is 1.31. The molecule has 1 aromatic heterocycles. The lowest BCUT2D eigenvalue weighted by Crippen LogP contribution is -2.22. The molecule has 2 aromatic carbocycles. The van der Waals surface area contributed by atoms with Gasteiger partial charge in [0.1, 0.15) is 5.75 Å². The van der Waals surface area contributed by atoms with Gasteiger partial charge in [0.2, 0.25) is 11.1 Å². The van der Waals surface area contributed by atoms with Crippen LogP contribution < -0.4 is 10.1 Å². The molecule has 0 radical (unpaired) electrons. The summed E-state index contributed by atoms with van der Waals surface area (Å²) in [6.45, 7) is 8.33. The maximum atomic E-state index is 12.5. The molecule has 0 aliphatic carbocycles. The van der Waals surface area contributed by atoms with Crippen LogP contribution in [0.5, 0.6) is 5.75 Å². The molecule has 0 unspecified atom stereocenters. The highest BCUT2D eigenvalue weighted by molar-refractivity contribution is 8.00. The minimum absolute atomic E-state index is 0.0822. The Morgan fingerprint density at radius 2 is 1.76 bits per heavy atom. The fraction of sp³-hybridized carbons (Fsp3) is 0.318. The van der Waals surface area contributed by atoms with Gasteiger partial charge in [0.05, 0.1) is 12.4 Å². The number of amides is 1. The van der Waals surface area contributed by atoms with Crippen molar-refractivity contribution in [1.82, 2.24) is 15.2 Å². The Hall–Kier alpha value is -2.80. The minimum atomic E-state index is -0.336. The Morgan fingerprint density at radius 1 is 1.10 bits per heavy atom. The van der Waals surface area contributed by atoms with Crippen LogP contribution in [0.3, 0.4) is 0 Å². The smallest absolute Gasteiger partial charge is 0.237 e. The van der Waals surface area contributed by atoms with Crippen LogP contribution in [0, 0.1) is 0 Å². The molecule has 1 atom stereocenters. The van der Waals surface area contributed by atoms with Crippen LogP contribution in [0.4, 0.5) is 5.69 Å². The Labute approximate surface area is 175 Å². The van der Waals surface area contributed by atoms with E-state index in [-0.39, 0.29) is 16.6 Å². The monoisotopic (exact) mass is 410 g/mol. The molecule has 6 nitrogen and oxygen atoms in total. The Kier molecular flexibility index (Phi) is 6.27. The molecule has 2 N–H and O–H groups in total. The fourth-order valence-corrected chi connectivity index (χ4v) is 3.41. The molecule has 0 fully saturated rings. The average Bonchev–Trinajstić information content (AvgIpc) is 3.16. The van der Waals surface area contributed by atoms with E-state index in [0.29, 0.717) is 11.0 Å². The number of ether oxygens (including phenoxy) is 1. The molecular weight excluding hydrogens is 384 g/mol. The number of H-pyrrole nitrogens is 1. The Balaban J connectivity index is 1.60. The first-order valence-electron chi connectivity index (χ1n) is 9.41. The number of nitrogens with one attached hydrogen (secondary N) is 2. The van der Waals surface area contributed by atoms with E-state index >= 15 is 0 Å². The summed E-state index contributed by atoms with van der Waals surface area (Å²) in [4.78, 5) is 17.0. The highest BCUT2D eigenvalue weighted by Crippen LogP contribution is 2.26. The third-order valence-electron chi connectivity index (χ3n) is 4.50. The zero-order chi connectivity index (χ0) is 21.0. The molecule has 0 bridgehead atoms. The third kappa shape index (κ3) is 5.38. The van der Waals surface area contributed by atoms with Gasteiger partial charge in [-0.15, -0.1) is 5.10 Å². The number of aromatic nitrogens is 3. The van der Waals surface area contributed by atoms with E-state index in [1.54, 1.807) is 7.11 Å². The van der Waals surface area contributed by atoms with Gasteiger partial charge in [-0.3, -0.25) is 9.89 Å². The van der Waals surface area contributed by atoms with E-state index < -0.39 is 0 Å². The number of hydrogen-bond donors (Lipinski definition) is 2. The van der Waals surface area contributed by atoms with Gasteiger partial charge in [-0.05, 0) is 54.3 Å². The first-order valence-corrected chi connectivity index (χ1v) is 10.3. The van der Waals surface area contributed by atoms with Gasteiger partial charge < -0.3 is 10.1 Å². The van der Waals surface area contributed by atoms with E-state index in [9.17, 15) is 4.79 Å². The van der Waals surface area contributed by atoms with Gasteiger partial charge in [0, 0.05) is 11.3 Å². The predicted molar refractivity (Wildman–Crippen MR) is 117 cm³/mol. The predicted octanol–water partition coefficient (Wildman–Crippen LogP) is 4.90. The molecule has 0 saturated heterocycles. The topological polar surface area (TPSA) is 79.9 Å². The van der Waals surface area contributed by atoms with E-state index in [4.69, 9.17) is 4.74 Å². The number of methoxy groups -OCH3 is 1. The number of aromatic amines is 1. The van der Waals surface area contributed by atoms with Gasteiger partial charge in [-0.1, -0.05) is 44.7 Å². The van der Waals surface area contributed by atoms with Crippen LogP contribution in [-0.4, -0.2) is 33.4 Å². The molecule has 3 rings (SSSR count). The fourth-order valence-electron chi connectivity index (χ4n) is 2.69. The normalized spacial score (nSPS) is 12.4. The first-order chi connectivity index (χ1) is 13.8. The summed E-state index contributed by atoms with van der Waals surface area (Å²) in [6, 6.07) is 15.5. The first kappa shape index (κ1) is 20.9. The van der Waals surface area contributed by atoms with Crippen LogP contribution in [-0.2, 0) is 10.2 Å². The van der Waals surface area contributed by atoms with Crippen molar-refractivity contribution in [2.75, 3.05) is 12.4 Å². The molecular formula is C22H26N4O2S. The lowest BCUT2D eigenvalue weighted by Gasteiger charge is -2.19. The molecule has 7 heteroatoms. The minimum Gasteiger partial charge on any atom is -0.497 e. The lowest BCUT2D eigenvalue weighted by atomic mass is 9.87. The second-order valence-electron chi connectivity index (χ2n) is 7.77. The molecule has 152 valence electrons. The van der Waals surface area contributed by atoms with Crippen molar-refractivity contribution in [1.29, 1.82) is 0 Å². The van der Waals surface area contributed by atoms with Crippen LogP contribution in [0.1, 0.15) is 33.3 Å². The Bertz CT molecular complexity index is 960. The number of hydrogen-bond acceptors (Lipinski definition) is 5. The highest BCUT2D eigenvalue weighted by atomic mass is 32.2. The molecule has 0 aliphatic heterocycles. The number of rotatable bonds is 6. The maximum absolute atomic E-state index is 12.5. The summed E-state index contributed by atoms with van der Waals surface area (Å²) in [5.74, 6) is 1.35. The quantitative estimate of drug-likeness (QED) is 0.565. The van der Waals surface area contributed by atoms with Crippen LogP contribution >= 0.6 is 11.8 Å². The molecule has 1 amide bonds. The molecule has 1 heterocycles. The van der Waals surface area contributed by atoms with Crippen LogP contribution in [0.25, 0.3) is 11.4 Å². The third-order valence-corrected chi connectivity index (χ3v) is 5.46. The van der Waals surface area contributed by atoms with E-state index in [0.717, 1.165) is 17.0 Å². The highest BCUT2D eigenvalue weighted by Gasteiger charge is 2.18. The second-order valence-corrected chi connectivity index (χ2v) is 9.08. The van der Waals surface area contributed by atoms with Crippen molar-refractivity contribution in [2.45, 2.75) is 43.5 Å². The standard InChI is InChI=1S/C22H26N4O2S/c1-14(20(27)23-17-10-8-16(9-11-17)22(2,3)4)29-21-24-19(25-26-21)15-6-12-18(28-5)13-7-15/h6-14H,1-5H3,(H,23,27)(H,24,25,26)/t14-/m1/s1. The largest absolute Gasteiger partial charge is 0.497 e. The van der Waals surface area contributed by atoms with Crippen LogP contribution in [0.2, 0.25) is 0 Å². The number of thioether (sulfide) groups is 1. The van der Waals surface area contributed by atoms with Crippen LogP contribution in [0.15, 0.2) is 53.7 Å². The van der Waals surface area contributed by atoms with Crippen molar-refractivity contribution in [3.05, 3.63) is 54.1 Å². The Morgan fingerprint density at radius 3 is 2.34 bits per heavy atom.